The highest BCUT2D eigenvalue weighted by Gasteiger charge is 2.73. The van der Waals surface area contributed by atoms with Crippen molar-refractivity contribution in [3.05, 3.63) is 87.1 Å². The van der Waals surface area contributed by atoms with Gasteiger partial charge in [-0.15, -0.1) is 13.2 Å². The van der Waals surface area contributed by atoms with Crippen molar-refractivity contribution in [3.8, 4) is 11.8 Å². The van der Waals surface area contributed by atoms with Gasteiger partial charge in [0.05, 0.1) is 28.6 Å². The molecule has 0 saturated carbocycles. The monoisotopic (exact) mass is 689 g/mol. The van der Waals surface area contributed by atoms with Crippen molar-refractivity contribution >= 4 is 39.1 Å². The first-order valence-electron chi connectivity index (χ1n) is 11.0. The molecule has 0 aliphatic rings. The van der Waals surface area contributed by atoms with Crippen LogP contribution in [-0.4, -0.2) is 30.5 Å². The van der Waals surface area contributed by atoms with Gasteiger partial charge in [0.15, 0.2) is 11.6 Å². The van der Waals surface area contributed by atoms with Crippen molar-refractivity contribution in [2.45, 2.75) is 24.4 Å². The number of hydrogen-bond donors (Lipinski definition) is 2. The fourth-order valence-electron chi connectivity index (χ4n) is 3.47. The molecule has 0 aliphatic heterocycles. The van der Waals surface area contributed by atoms with Gasteiger partial charge in [-0.3, -0.25) is 9.59 Å². The zero-order chi connectivity index (χ0) is 32.5. The van der Waals surface area contributed by atoms with Crippen LogP contribution in [0.25, 0.3) is 0 Å². The van der Waals surface area contributed by atoms with Crippen LogP contribution in [0.1, 0.15) is 31.8 Å². The van der Waals surface area contributed by atoms with E-state index in [4.69, 9.17) is 5.26 Å². The predicted octanol–water partition coefficient (Wildman–Crippen LogP) is 8.15. The zero-order valence-corrected chi connectivity index (χ0v) is 22.0. The summed E-state index contributed by atoms with van der Waals surface area (Å²) in [6.07, 6.45) is -19.2. The average Bonchev–Trinajstić information content (AvgIpc) is 2.88. The second kappa shape index (κ2) is 11.7. The number of nitrogens with zero attached hydrogens (tertiary/aromatic N) is 1. The van der Waals surface area contributed by atoms with Crippen LogP contribution in [0, 0.1) is 17.1 Å². The second-order valence-electron chi connectivity index (χ2n) is 8.30. The van der Waals surface area contributed by atoms with Gasteiger partial charge in [0.1, 0.15) is 0 Å². The van der Waals surface area contributed by atoms with Gasteiger partial charge in [0.25, 0.3) is 11.8 Å². The SMILES string of the molecule is N#Cc1ccc(C(=O)Nc2cccc(C(=O)Nc3c(Br)cc(C(F)(C(F)(F)F)C(F)(F)F)cc3OC(F)(F)F)c2F)cc1. The third-order valence-corrected chi connectivity index (χ3v) is 6.09. The van der Waals surface area contributed by atoms with Crippen molar-refractivity contribution < 1.29 is 62.6 Å². The standard InChI is InChI=1S/C25H11BrF11N3O3/c26-15-8-13(22(28,23(29,30)31)24(32,33)34)9-17(43-25(35,36)37)19(15)40-21(42)14-2-1-3-16(18(14)27)39-20(41)12-6-4-11(10-38)5-7-12/h1-9H,(H,39,41)(H,40,42). The first-order chi connectivity index (χ1) is 19.7. The molecule has 6 nitrogen and oxygen atoms in total. The summed E-state index contributed by atoms with van der Waals surface area (Å²) in [5, 5.41) is 12.6. The van der Waals surface area contributed by atoms with Crippen molar-refractivity contribution in [2.24, 2.45) is 0 Å². The Morgan fingerprint density at radius 2 is 1.40 bits per heavy atom. The fraction of sp³-hybridized carbons (Fsp3) is 0.160. The number of benzene rings is 3. The highest BCUT2D eigenvalue weighted by Crippen LogP contribution is 2.55. The van der Waals surface area contributed by atoms with Crippen molar-refractivity contribution in [1.29, 1.82) is 5.26 Å². The van der Waals surface area contributed by atoms with E-state index >= 15 is 4.39 Å². The molecule has 228 valence electrons. The highest BCUT2D eigenvalue weighted by molar-refractivity contribution is 9.10. The fourth-order valence-corrected chi connectivity index (χ4v) is 4.01. The molecule has 2 N–H and O–H groups in total. The molecule has 2 amide bonds. The molecular weight excluding hydrogens is 679 g/mol. The van der Waals surface area contributed by atoms with E-state index in [9.17, 15) is 53.5 Å². The minimum absolute atomic E-state index is 0.0483. The molecule has 3 aromatic carbocycles. The number of carbonyl (C=O) groups is 2. The quantitative estimate of drug-likeness (QED) is 0.256. The van der Waals surface area contributed by atoms with E-state index in [1.165, 1.54) is 24.3 Å². The van der Waals surface area contributed by atoms with E-state index in [2.05, 4.69) is 26.0 Å². The summed E-state index contributed by atoms with van der Waals surface area (Å²) in [6.45, 7) is 0. The summed E-state index contributed by atoms with van der Waals surface area (Å²) >= 11 is 2.40. The van der Waals surface area contributed by atoms with E-state index in [0.29, 0.717) is 0 Å². The molecule has 3 aromatic rings. The molecule has 0 aromatic heterocycles. The summed E-state index contributed by atoms with van der Waals surface area (Å²) < 4.78 is 150. The van der Waals surface area contributed by atoms with E-state index in [1.807, 2.05) is 0 Å². The Bertz CT molecular complexity index is 1580. The lowest BCUT2D eigenvalue weighted by atomic mass is 9.93. The largest absolute Gasteiger partial charge is 0.573 e. The molecule has 0 unspecified atom stereocenters. The van der Waals surface area contributed by atoms with Crippen LogP contribution in [0.15, 0.2) is 59.1 Å². The number of alkyl halides is 10. The number of amides is 2. The third kappa shape index (κ3) is 6.98. The molecular formula is C25H11BrF11N3O3. The molecule has 43 heavy (non-hydrogen) atoms. The van der Waals surface area contributed by atoms with Crippen LogP contribution in [-0.2, 0) is 5.67 Å². The topological polar surface area (TPSA) is 91.2 Å². The van der Waals surface area contributed by atoms with Crippen LogP contribution in [0.4, 0.5) is 59.7 Å². The maximum atomic E-state index is 15.1. The summed E-state index contributed by atoms with van der Waals surface area (Å²) in [7, 11) is 0. The highest BCUT2D eigenvalue weighted by atomic mass is 79.9. The van der Waals surface area contributed by atoms with Crippen LogP contribution in [0.2, 0.25) is 0 Å². The lowest BCUT2D eigenvalue weighted by Crippen LogP contribution is -2.50. The smallest absolute Gasteiger partial charge is 0.404 e. The van der Waals surface area contributed by atoms with Gasteiger partial charge >= 0.3 is 24.4 Å². The van der Waals surface area contributed by atoms with E-state index < -0.39 is 80.8 Å². The molecule has 0 fully saturated rings. The summed E-state index contributed by atoms with van der Waals surface area (Å²) in [5.74, 6) is -5.88. The number of hydrogen-bond acceptors (Lipinski definition) is 4. The first-order valence-corrected chi connectivity index (χ1v) is 11.8. The van der Waals surface area contributed by atoms with Gasteiger partial charge in [-0.25, -0.2) is 8.78 Å². The average molecular weight is 690 g/mol. The van der Waals surface area contributed by atoms with Gasteiger partial charge in [-0.1, -0.05) is 6.07 Å². The van der Waals surface area contributed by atoms with Gasteiger partial charge in [-0.05, 0) is 64.5 Å². The van der Waals surface area contributed by atoms with Crippen LogP contribution in [0.5, 0.6) is 5.75 Å². The third-order valence-electron chi connectivity index (χ3n) is 5.47. The maximum absolute atomic E-state index is 15.1. The number of ether oxygens (including phenoxy) is 1. The molecule has 0 saturated heterocycles. The Balaban J connectivity index is 2.03. The summed E-state index contributed by atoms with van der Waals surface area (Å²) in [5.41, 5.74) is -11.2. The first kappa shape index (κ1) is 33.1. The van der Waals surface area contributed by atoms with Gasteiger partial charge in [0.2, 0.25) is 0 Å². The molecule has 0 bridgehead atoms. The van der Waals surface area contributed by atoms with E-state index in [0.717, 1.165) is 18.2 Å². The van der Waals surface area contributed by atoms with Crippen molar-refractivity contribution in [2.75, 3.05) is 10.6 Å². The number of nitrogens with one attached hydrogen (secondary N) is 2. The number of rotatable bonds is 6. The summed E-state index contributed by atoms with van der Waals surface area (Å²) in [6, 6.07) is 8.79. The second-order valence-corrected chi connectivity index (χ2v) is 9.15. The number of carbonyl (C=O) groups excluding carboxylic acids is 2. The molecule has 0 spiro atoms. The van der Waals surface area contributed by atoms with Gasteiger partial charge < -0.3 is 15.4 Å². The van der Waals surface area contributed by atoms with Gasteiger partial charge in [-0.2, -0.15) is 31.6 Å². The Kier molecular flexibility index (Phi) is 9.01. The number of halogens is 12. The lowest BCUT2D eigenvalue weighted by Gasteiger charge is -2.31. The lowest BCUT2D eigenvalue weighted by molar-refractivity contribution is -0.348. The zero-order valence-electron chi connectivity index (χ0n) is 20.4. The minimum atomic E-state index is -6.70. The molecule has 0 radical (unpaired) electrons. The van der Waals surface area contributed by atoms with E-state index in [-0.39, 0.29) is 17.2 Å². The van der Waals surface area contributed by atoms with Crippen molar-refractivity contribution in [3.63, 3.8) is 0 Å². The Morgan fingerprint density at radius 1 is 0.814 bits per heavy atom. The normalized spacial score (nSPS) is 12.3. The molecule has 0 aliphatic carbocycles. The van der Waals surface area contributed by atoms with Crippen LogP contribution >= 0.6 is 15.9 Å². The Hall–Kier alpha value is -4.40. The number of anilines is 2. The molecule has 0 atom stereocenters. The maximum Gasteiger partial charge on any atom is 0.573 e. The van der Waals surface area contributed by atoms with Crippen LogP contribution in [0.3, 0.4) is 0 Å². The molecule has 3 rings (SSSR count). The summed E-state index contributed by atoms with van der Waals surface area (Å²) in [4.78, 5) is 25.2. The Morgan fingerprint density at radius 3 is 1.91 bits per heavy atom. The molecule has 18 heteroatoms. The van der Waals surface area contributed by atoms with E-state index in [1.54, 1.807) is 11.4 Å². The Labute approximate surface area is 241 Å². The number of nitriles is 1. The van der Waals surface area contributed by atoms with Crippen molar-refractivity contribution in [1.82, 2.24) is 0 Å². The molecule has 0 heterocycles. The minimum Gasteiger partial charge on any atom is -0.404 e. The van der Waals surface area contributed by atoms with Gasteiger partial charge in [0, 0.05) is 15.6 Å². The predicted molar refractivity (Wildman–Crippen MR) is 129 cm³/mol. The van der Waals surface area contributed by atoms with Crippen LogP contribution < -0.4 is 15.4 Å².